The van der Waals surface area contributed by atoms with Gasteiger partial charge in [0.15, 0.2) is 5.60 Å². The average molecular weight is 322 g/mol. The van der Waals surface area contributed by atoms with E-state index in [-0.39, 0.29) is 0 Å². The lowest BCUT2D eigenvalue weighted by molar-refractivity contribution is 0.0692. The number of nitrogens with zero attached hydrogens (tertiary/aromatic N) is 3. The number of rotatable bonds is 4. The topological polar surface area (TPSA) is 61.0 Å². The second-order valence-electron chi connectivity index (χ2n) is 4.86. The number of thiazole rings is 1. The maximum Gasteiger partial charge on any atom is 0.270 e. The van der Waals surface area contributed by atoms with Crippen molar-refractivity contribution in [3.63, 3.8) is 0 Å². The van der Waals surface area contributed by atoms with Crippen LogP contribution in [0, 0.1) is 0 Å². The van der Waals surface area contributed by atoms with E-state index in [1.165, 1.54) is 11.3 Å². The largest absolute Gasteiger partial charge is 0.478 e. The lowest BCUT2D eigenvalue weighted by Gasteiger charge is -2.22. The Morgan fingerprint density at radius 2 is 2.00 bits per heavy atom. The molecule has 0 N–H and O–H groups in total. The van der Waals surface area contributed by atoms with Crippen LogP contribution < -0.4 is 4.74 Å². The van der Waals surface area contributed by atoms with E-state index in [9.17, 15) is 0 Å². The Morgan fingerprint density at radius 3 is 2.67 bits per heavy atom. The summed E-state index contributed by atoms with van der Waals surface area (Å²) < 4.78 is 11.2. The molecule has 3 aromatic rings. The van der Waals surface area contributed by atoms with Crippen LogP contribution in [-0.4, -0.2) is 15.1 Å². The van der Waals surface area contributed by atoms with Gasteiger partial charge in [-0.3, -0.25) is 4.98 Å². The molecule has 0 aliphatic rings. The van der Waals surface area contributed by atoms with Crippen LogP contribution >= 0.6 is 22.9 Å². The first-order chi connectivity index (χ1) is 10.0. The molecule has 0 saturated heterocycles. The highest BCUT2D eigenvalue weighted by molar-refractivity contribution is 7.13. The van der Waals surface area contributed by atoms with Crippen LogP contribution in [0.4, 0.5) is 0 Å². The van der Waals surface area contributed by atoms with Crippen molar-refractivity contribution in [2.45, 2.75) is 19.4 Å². The van der Waals surface area contributed by atoms with Crippen LogP contribution in [-0.2, 0) is 5.60 Å². The molecule has 7 heteroatoms. The van der Waals surface area contributed by atoms with E-state index < -0.39 is 5.60 Å². The SMILES string of the molecule is CC(C)(Oc1ccc(Cl)cc1)c1nc(-c2cncs2)no1. The van der Waals surface area contributed by atoms with Crippen molar-refractivity contribution < 1.29 is 9.26 Å². The number of hydrogen-bond acceptors (Lipinski definition) is 6. The van der Waals surface area contributed by atoms with Crippen LogP contribution in [0.3, 0.4) is 0 Å². The molecule has 0 saturated carbocycles. The van der Waals surface area contributed by atoms with Gasteiger partial charge in [0.1, 0.15) is 5.75 Å². The summed E-state index contributed by atoms with van der Waals surface area (Å²) in [6.07, 6.45) is 1.70. The Hall–Kier alpha value is -1.92. The van der Waals surface area contributed by atoms with Crippen molar-refractivity contribution in [2.75, 3.05) is 0 Å². The average Bonchev–Trinajstić information content (AvgIpc) is 3.11. The number of hydrogen-bond donors (Lipinski definition) is 0. The van der Waals surface area contributed by atoms with Gasteiger partial charge in [0, 0.05) is 11.2 Å². The first kappa shape index (κ1) is 14.0. The van der Waals surface area contributed by atoms with Crippen molar-refractivity contribution in [1.82, 2.24) is 15.1 Å². The van der Waals surface area contributed by atoms with Crippen molar-refractivity contribution in [3.05, 3.63) is 46.9 Å². The molecule has 0 aliphatic heterocycles. The monoisotopic (exact) mass is 321 g/mol. The molecule has 0 spiro atoms. The van der Waals surface area contributed by atoms with Gasteiger partial charge in [-0.2, -0.15) is 4.98 Å². The molecule has 0 bridgehead atoms. The molecular weight excluding hydrogens is 310 g/mol. The summed E-state index contributed by atoms with van der Waals surface area (Å²) in [6.45, 7) is 3.73. The van der Waals surface area contributed by atoms with E-state index in [4.69, 9.17) is 20.9 Å². The molecule has 0 fully saturated rings. The minimum absolute atomic E-state index is 0.404. The van der Waals surface area contributed by atoms with E-state index in [2.05, 4.69) is 15.1 Å². The van der Waals surface area contributed by atoms with Gasteiger partial charge in [0.2, 0.25) is 5.82 Å². The quantitative estimate of drug-likeness (QED) is 0.722. The molecular formula is C14H12ClN3O2S. The lowest BCUT2D eigenvalue weighted by Crippen LogP contribution is -2.25. The third kappa shape index (κ3) is 3.06. The van der Waals surface area contributed by atoms with Gasteiger partial charge < -0.3 is 9.26 Å². The Labute approximate surface area is 130 Å². The molecule has 1 aromatic carbocycles. The standard InChI is InChI=1S/C14H12ClN3O2S/c1-14(2,19-10-5-3-9(15)4-6-10)13-17-12(18-20-13)11-7-16-8-21-11/h3-8H,1-2H3. The third-order valence-corrected chi connectivity index (χ3v) is 3.80. The van der Waals surface area contributed by atoms with Crippen molar-refractivity contribution >= 4 is 22.9 Å². The van der Waals surface area contributed by atoms with Gasteiger partial charge in [0.25, 0.3) is 5.89 Å². The Kier molecular flexibility index (Phi) is 3.65. The zero-order valence-electron chi connectivity index (χ0n) is 11.4. The van der Waals surface area contributed by atoms with E-state index >= 15 is 0 Å². The summed E-state index contributed by atoms with van der Waals surface area (Å²) in [7, 11) is 0. The maximum absolute atomic E-state index is 5.91. The first-order valence-electron chi connectivity index (χ1n) is 6.22. The minimum atomic E-state index is -0.746. The summed E-state index contributed by atoms with van der Waals surface area (Å²) in [5.41, 5.74) is 0.977. The summed E-state index contributed by atoms with van der Waals surface area (Å²) in [4.78, 5) is 9.23. The van der Waals surface area contributed by atoms with Crippen LogP contribution in [0.25, 0.3) is 10.7 Å². The van der Waals surface area contributed by atoms with E-state index in [0.717, 1.165) is 4.88 Å². The number of benzene rings is 1. The molecule has 0 atom stereocenters. The zero-order chi connectivity index (χ0) is 14.9. The second-order valence-corrected chi connectivity index (χ2v) is 6.18. The highest BCUT2D eigenvalue weighted by Gasteiger charge is 2.30. The summed E-state index contributed by atoms with van der Waals surface area (Å²) in [5.74, 6) is 1.60. The van der Waals surface area contributed by atoms with Crippen LogP contribution in [0.1, 0.15) is 19.7 Å². The van der Waals surface area contributed by atoms with Crippen molar-refractivity contribution in [2.24, 2.45) is 0 Å². The maximum atomic E-state index is 5.91. The van der Waals surface area contributed by atoms with Gasteiger partial charge in [-0.15, -0.1) is 11.3 Å². The normalized spacial score (nSPS) is 11.6. The molecule has 0 unspecified atom stereocenters. The molecule has 21 heavy (non-hydrogen) atoms. The fraction of sp³-hybridized carbons (Fsp3) is 0.214. The highest BCUT2D eigenvalue weighted by atomic mass is 35.5. The molecule has 2 heterocycles. The van der Waals surface area contributed by atoms with Crippen molar-refractivity contribution in [3.8, 4) is 16.5 Å². The van der Waals surface area contributed by atoms with Crippen LogP contribution in [0.15, 0.2) is 40.5 Å². The van der Waals surface area contributed by atoms with Gasteiger partial charge in [-0.05, 0) is 38.1 Å². The lowest BCUT2D eigenvalue weighted by atomic mass is 10.1. The number of aromatic nitrogens is 3. The Balaban J connectivity index is 1.83. The van der Waals surface area contributed by atoms with Gasteiger partial charge in [0.05, 0.1) is 10.4 Å². The second kappa shape index (κ2) is 5.46. The molecule has 5 nitrogen and oxygen atoms in total. The fourth-order valence-corrected chi connectivity index (χ4v) is 2.41. The van der Waals surface area contributed by atoms with E-state index in [0.29, 0.717) is 22.5 Å². The molecule has 3 rings (SSSR count). The fourth-order valence-electron chi connectivity index (χ4n) is 1.74. The summed E-state index contributed by atoms with van der Waals surface area (Å²) in [5, 5.41) is 4.62. The minimum Gasteiger partial charge on any atom is -0.478 e. The molecule has 0 radical (unpaired) electrons. The third-order valence-electron chi connectivity index (χ3n) is 2.78. The molecule has 108 valence electrons. The Morgan fingerprint density at radius 1 is 1.24 bits per heavy atom. The molecule has 0 aliphatic carbocycles. The van der Waals surface area contributed by atoms with E-state index in [1.54, 1.807) is 36.0 Å². The van der Waals surface area contributed by atoms with Gasteiger partial charge in [-0.1, -0.05) is 16.8 Å². The highest BCUT2D eigenvalue weighted by Crippen LogP contribution is 2.29. The summed E-state index contributed by atoms with van der Waals surface area (Å²) in [6, 6.07) is 7.13. The van der Waals surface area contributed by atoms with Crippen LogP contribution in [0.2, 0.25) is 5.02 Å². The van der Waals surface area contributed by atoms with Crippen molar-refractivity contribution in [1.29, 1.82) is 0 Å². The van der Waals surface area contributed by atoms with Gasteiger partial charge in [-0.25, -0.2) is 0 Å². The summed E-state index contributed by atoms with van der Waals surface area (Å²) >= 11 is 7.31. The van der Waals surface area contributed by atoms with Crippen LogP contribution in [0.5, 0.6) is 5.75 Å². The molecule has 2 aromatic heterocycles. The zero-order valence-corrected chi connectivity index (χ0v) is 13.0. The van der Waals surface area contributed by atoms with E-state index in [1.807, 2.05) is 13.8 Å². The predicted molar refractivity (Wildman–Crippen MR) is 80.5 cm³/mol. The molecule has 0 amide bonds. The smallest absolute Gasteiger partial charge is 0.270 e. The predicted octanol–water partition coefficient (Wildman–Crippen LogP) is 4.16. The number of ether oxygens (including phenoxy) is 1. The Bertz CT molecular complexity index is 723. The number of halogens is 1. The van der Waals surface area contributed by atoms with Gasteiger partial charge >= 0.3 is 0 Å². The first-order valence-corrected chi connectivity index (χ1v) is 7.48.